The Hall–Kier alpha value is -2.12. The van der Waals surface area contributed by atoms with Crippen LogP contribution in [0.25, 0.3) is 0 Å². The smallest absolute Gasteiger partial charge is 0.251 e. The third-order valence-corrected chi connectivity index (χ3v) is 5.30. The zero-order valence-electron chi connectivity index (χ0n) is 16.8. The number of morpholine rings is 1. The molecule has 0 saturated carbocycles. The van der Waals surface area contributed by atoms with Crippen molar-refractivity contribution in [3.8, 4) is 0 Å². The first-order valence-electron chi connectivity index (χ1n) is 9.69. The fourth-order valence-corrected chi connectivity index (χ4v) is 3.74. The Kier molecular flexibility index (Phi) is 7.28. The lowest BCUT2D eigenvalue weighted by molar-refractivity contribution is 0.0949. The Morgan fingerprint density at radius 1 is 1.25 bits per heavy atom. The number of carbonyl (C=O) groups is 1. The first kappa shape index (κ1) is 20.6. The fourth-order valence-electron chi connectivity index (χ4n) is 2.89. The van der Waals surface area contributed by atoms with Gasteiger partial charge in [-0.05, 0) is 30.5 Å². The molecule has 1 aromatic heterocycles. The summed E-state index contributed by atoms with van der Waals surface area (Å²) in [4.78, 5) is 23.8. The molecule has 1 saturated heterocycles. The number of aromatic nitrogens is 2. The third-order valence-electron chi connectivity index (χ3n) is 4.38. The molecule has 1 aliphatic rings. The predicted molar refractivity (Wildman–Crippen MR) is 113 cm³/mol. The van der Waals surface area contributed by atoms with Crippen molar-refractivity contribution in [1.82, 2.24) is 15.3 Å². The van der Waals surface area contributed by atoms with Crippen LogP contribution in [0.1, 0.15) is 35.5 Å². The number of rotatable bonds is 7. The molecule has 1 fully saturated rings. The van der Waals surface area contributed by atoms with Crippen molar-refractivity contribution in [2.24, 2.45) is 5.92 Å². The Morgan fingerprint density at radius 2 is 2.04 bits per heavy atom. The second-order valence-electron chi connectivity index (χ2n) is 7.34. The number of ether oxygens (including phenoxy) is 1. The minimum Gasteiger partial charge on any atom is -0.378 e. The molecule has 3 rings (SSSR count). The van der Waals surface area contributed by atoms with Crippen molar-refractivity contribution >= 4 is 23.5 Å². The Bertz CT molecular complexity index is 807. The quantitative estimate of drug-likeness (QED) is 0.568. The van der Waals surface area contributed by atoms with Gasteiger partial charge < -0.3 is 15.0 Å². The van der Waals surface area contributed by atoms with Gasteiger partial charge in [0.2, 0.25) is 0 Å². The first-order chi connectivity index (χ1) is 13.5. The van der Waals surface area contributed by atoms with Crippen LogP contribution in [-0.4, -0.2) is 48.7 Å². The second-order valence-corrected chi connectivity index (χ2v) is 8.28. The standard InChI is InChI=1S/C21H28N4O2S/c1-15(2)13-22-20(26)18-6-4-5-17(12-18)14-28-21-23-16(3)11-19(24-21)25-7-9-27-10-8-25/h4-6,11-12,15H,7-10,13-14H2,1-3H3,(H,22,26). The van der Waals surface area contributed by atoms with Crippen LogP contribution in [0.4, 0.5) is 5.82 Å². The number of anilines is 1. The highest BCUT2D eigenvalue weighted by Crippen LogP contribution is 2.23. The second kappa shape index (κ2) is 9.89. The predicted octanol–water partition coefficient (Wildman–Crippen LogP) is 3.30. The summed E-state index contributed by atoms with van der Waals surface area (Å²) >= 11 is 1.59. The zero-order valence-corrected chi connectivity index (χ0v) is 17.6. The minimum absolute atomic E-state index is 0.0260. The maximum atomic E-state index is 12.3. The van der Waals surface area contributed by atoms with E-state index in [1.54, 1.807) is 11.8 Å². The number of nitrogens with zero attached hydrogens (tertiary/aromatic N) is 3. The number of amides is 1. The number of hydrogen-bond acceptors (Lipinski definition) is 6. The molecule has 0 bridgehead atoms. The van der Waals surface area contributed by atoms with Gasteiger partial charge in [-0.15, -0.1) is 0 Å². The van der Waals surface area contributed by atoms with E-state index < -0.39 is 0 Å². The van der Waals surface area contributed by atoms with E-state index in [1.807, 2.05) is 37.3 Å². The highest BCUT2D eigenvalue weighted by Gasteiger charge is 2.14. The lowest BCUT2D eigenvalue weighted by Gasteiger charge is -2.28. The lowest BCUT2D eigenvalue weighted by atomic mass is 10.1. The summed E-state index contributed by atoms with van der Waals surface area (Å²) < 4.78 is 5.42. The molecule has 0 radical (unpaired) electrons. The SMILES string of the molecule is Cc1cc(N2CCOCC2)nc(SCc2cccc(C(=O)NCC(C)C)c2)n1. The van der Waals surface area contributed by atoms with Crippen LogP contribution in [-0.2, 0) is 10.5 Å². The molecular weight excluding hydrogens is 372 g/mol. The number of thioether (sulfide) groups is 1. The maximum absolute atomic E-state index is 12.3. The van der Waals surface area contributed by atoms with Gasteiger partial charge in [-0.3, -0.25) is 4.79 Å². The van der Waals surface area contributed by atoms with Crippen LogP contribution in [0.3, 0.4) is 0 Å². The van der Waals surface area contributed by atoms with Gasteiger partial charge in [-0.1, -0.05) is 37.7 Å². The van der Waals surface area contributed by atoms with Crippen molar-refractivity contribution in [2.45, 2.75) is 31.7 Å². The molecular formula is C21H28N4O2S. The van der Waals surface area contributed by atoms with E-state index in [0.717, 1.165) is 54.3 Å². The topological polar surface area (TPSA) is 67.3 Å². The van der Waals surface area contributed by atoms with Crippen molar-refractivity contribution < 1.29 is 9.53 Å². The number of nitrogens with one attached hydrogen (secondary N) is 1. The van der Waals surface area contributed by atoms with Gasteiger partial charge in [0.15, 0.2) is 5.16 Å². The number of hydrogen-bond donors (Lipinski definition) is 1. The third kappa shape index (κ3) is 5.94. The monoisotopic (exact) mass is 400 g/mol. The van der Waals surface area contributed by atoms with E-state index in [9.17, 15) is 4.79 Å². The summed E-state index contributed by atoms with van der Waals surface area (Å²) in [6.07, 6.45) is 0. The van der Waals surface area contributed by atoms with Crippen molar-refractivity contribution in [3.63, 3.8) is 0 Å². The van der Waals surface area contributed by atoms with Gasteiger partial charge in [0.05, 0.1) is 13.2 Å². The minimum atomic E-state index is -0.0260. The molecule has 1 N–H and O–H groups in total. The van der Waals surface area contributed by atoms with Crippen LogP contribution >= 0.6 is 11.8 Å². The molecule has 2 heterocycles. The summed E-state index contributed by atoms with van der Waals surface area (Å²) in [6.45, 7) is 10.0. The zero-order chi connectivity index (χ0) is 19.9. The summed E-state index contributed by atoms with van der Waals surface area (Å²) in [7, 11) is 0. The first-order valence-corrected chi connectivity index (χ1v) is 10.7. The highest BCUT2D eigenvalue weighted by atomic mass is 32.2. The summed E-state index contributed by atoms with van der Waals surface area (Å²) in [5.41, 5.74) is 2.74. The van der Waals surface area contributed by atoms with Crippen LogP contribution in [0.2, 0.25) is 0 Å². The van der Waals surface area contributed by atoms with E-state index in [-0.39, 0.29) is 5.91 Å². The fraction of sp³-hybridized carbons (Fsp3) is 0.476. The molecule has 150 valence electrons. The molecule has 0 atom stereocenters. The summed E-state index contributed by atoms with van der Waals surface area (Å²) in [5, 5.41) is 3.72. The molecule has 0 spiro atoms. The highest BCUT2D eigenvalue weighted by molar-refractivity contribution is 7.98. The summed E-state index contributed by atoms with van der Waals surface area (Å²) in [5.74, 6) is 2.08. The van der Waals surface area contributed by atoms with Gasteiger partial charge in [-0.25, -0.2) is 9.97 Å². The van der Waals surface area contributed by atoms with E-state index >= 15 is 0 Å². The maximum Gasteiger partial charge on any atom is 0.251 e. The normalized spacial score (nSPS) is 14.4. The molecule has 1 amide bonds. The summed E-state index contributed by atoms with van der Waals surface area (Å²) in [6, 6.07) is 9.78. The Balaban J connectivity index is 1.64. The van der Waals surface area contributed by atoms with E-state index in [2.05, 4.69) is 29.0 Å². The van der Waals surface area contributed by atoms with Crippen molar-refractivity contribution in [1.29, 1.82) is 0 Å². The van der Waals surface area contributed by atoms with Crippen molar-refractivity contribution in [2.75, 3.05) is 37.7 Å². The van der Waals surface area contributed by atoms with Crippen molar-refractivity contribution in [3.05, 3.63) is 47.2 Å². The Labute approximate surface area is 171 Å². The van der Waals surface area contributed by atoms with Gasteiger partial charge in [-0.2, -0.15) is 0 Å². The van der Waals surface area contributed by atoms with Crippen LogP contribution in [0.5, 0.6) is 0 Å². The molecule has 7 heteroatoms. The molecule has 0 unspecified atom stereocenters. The van der Waals surface area contributed by atoms with Crippen LogP contribution in [0, 0.1) is 12.8 Å². The van der Waals surface area contributed by atoms with E-state index in [4.69, 9.17) is 9.72 Å². The lowest BCUT2D eigenvalue weighted by Crippen LogP contribution is -2.36. The van der Waals surface area contributed by atoms with Crippen LogP contribution in [0.15, 0.2) is 35.5 Å². The van der Waals surface area contributed by atoms with E-state index in [1.165, 1.54) is 0 Å². The number of carbonyl (C=O) groups excluding carboxylic acids is 1. The average molecular weight is 401 g/mol. The molecule has 1 aliphatic heterocycles. The number of aryl methyl sites for hydroxylation is 1. The molecule has 6 nitrogen and oxygen atoms in total. The van der Waals surface area contributed by atoms with Gasteiger partial charge in [0.25, 0.3) is 5.91 Å². The molecule has 2 aromatic rings. The number of benzene rings is 1. The average Bonchev–Trinajstić information content (AvgIpc) is 2.71. The Morgan fingerprint density at radius 3 is 2.79 bits per heavy atom. The molecule has 0 aliphatic carbocycles. The van der Waals surface area contributed by atoms with E-state index in [0.29, 0.717) is 18.0 Å². The van der Waals surface area contributed by atoms with Gasteiger partial charge >= 0.3 is 0 Å². The van der Waals surface area contributed by atoms with Crippen LogP contribution < -0.4 is 10.2 Å². The van der Waals surface area contributed by atoms with Gasteiger partial charge in [0, 0.05) is 42.7 Å². The molecule has 28 heavy (non-hydrogen) atoms. The molecule has 1 aromatic carbocycles. The van der Waals surface area contributed by atoms with Gasteiger partial charge in [0.1, 0.15) is 5.82 Å². The largest absolute Gasteiger partial charge is 0.378 e.